The van der Waals surface area contributed by atoms with Gasteiger partial charge in [0.05, 0.1) is 11.2 Å². The number of para-hydroxylation sites is 1. The van der Waals surface area contributed by atoms with Crippen LogP contribution in [0, 0.1) is 0 Å². The van der Waals surface area contributed by atoms with Crippen LogP contribution in [0.2, 0.25) is 0 Å². The van der Waals surface area contributed by atoms with E-state index in [2.05, 4.69) is 32.0 Å². The van der Waals surface area contributed by atoms with Crippen LogP contribution in [0.5, 0.6) is 0 Å². The molecular weight excluding hydrogens is 408 g/mol. The molecule has 1 amide bonds. The SMILES string of the molecule is CN=C(N)Nc1ccc(NC(=O)c2sccc2NCc2ccnc3ccccc23)cc1. The Hall–Kier alpha value is -3.91. The van der Waals surface area contributed by atoms with Crippen molar-refractivity contribution < 1.29 is 4.79 Å². The number of benzene rings is 2. The minimum absolute atomic E-state index is 0.160. The highest BCUT2D eigenvalue weighted by Crippen LogP contribution is 2.26. The molecule has 2 heterocycles. The van der Waals surface area contributed by atoms with E-state index in [0.29, 0.717) is 23.1 Å². The molecular formula is C23H22N6OS. The number of anilines is 3. The van der Waals surface area contributed by atoms with E-state index in [-0.39, 0.29) is 5.91 Å². The summed E-state index contributed by atoms with van der Waals surface area (Å²) in [5, 5.41) is 12.3. The van der Waals surface area contributed by atoms with Crippen LogP contribution in [0.25, 0.3) is 10.9 Å². The number of carbonyl (C=O) groups excluding carboxylic acids is 1. The monoisotopic (exact) mass is 430 g/mol. The standard InChI is InChI=1S/C23H22N6OS/c1-25-23(24)29-17-8-6-16(7-9-17)28-22(30)21-20(11-13-31-21)27-14-15-10-12-26-19-5-3-2-4-18(15)19/h2-13,27H,14H2,1H3,(H,28,30)(H3,24,25,29). The summed E-state index contributed by atoms with van der Waals surface area (Å²) in [6.07, 6.45) is 1.80. The number of fused-ring (bicyclic) bond motifs is 1. The number of nitrogens with two attached hydrogens (primary N) is 1. The highest BCUT2D eigenvalue weighted by Gasteiger charge is 2.14. The third kappa shape index (κ3) is 4.81. The number of carbonyl (C=O) groups is 1. The van der Waals surface area contributed by atoms with Crippen molar-refractivity contribution in [3.63, 3.8) is 0 Å². The maximum absolute atomic E-state index is 12.8. The largest absolute Gasteiger partial charge is 0.380 e. The van der Waals surface area contributed by atoms with Crippen LogP contribution in [0.1, 0.15) is 15.2 Å². The molecule has 0 saturated carbocycles. The Balaban J connectivity index is 1.43. The van der Waals surface area contributed by atoms with Crippen LogP contribution in [0.3, 0.4) is 0 Å². The Bertz CT molecular complexity index is 1230. The molecule has 0 unspecified atom stereocenters. The Morgan fingerprint density at radius 3 is 2.55 bits per heavy atom. The third-order valence-corrected chi connectivity index (χ3v) is 5.65. The topological polar surface area (TPSA) is 104 Å². The third-order valence-electron chi connectivity index (χ3n) is 4.74. The van der Waals surface area contributed by atoms with Crippen LogP contribution in [0.4, 0.5) is 17.1 Å². The van der Waals surface area contributed by atoms with Gasteiger partial charge in [-0.15, -0.1) is 11.3 Å². The lowest BCUT2D eigenvalue weighted by atomic mass is 10.1. The van der Waals surface area contributed by atoms with Gasteiger partial charge in [-0.1, -0.05) is 18.2 Å². The van der Waals surface area contributed by atoms with Gasteiger partial charge in [-0.2, -0.15) is 0 Å². The first-order chi connectivity index (χ1) is 15.1. The van der Waals surface area contributed by atoms with E-state index in [9.17, 15) is 4.79 Å². The Morgan fingerprint density at radius 2 is 1.77 bits per heavy atom. The van der Waals surface area contributed by atoms with Crippen molar-refractivity contribution in [2.75, 3.05) is 23.0 Å². The maximum atomic E-state index is 12.8. The number of nitrogens with zero attached hydrogens (tertiary/aromatic N) is 2. The van der Waals surface area contributed by atoms with Gasteiger partial charge in [-0.3, -0.25) is 14.8 Å². The van der Waals surface area contributed by atoms with E-state index in [1.165, 1.54) is 11.3 Å². The zero-order chi connectivity index (χ0) is 21.6. The molecule has 0 bridgehead atoms. The second-order valence-corrected chi connectivity index (χ2v) is 7.69. The molecule has 31 heavy (non-hydrogen) atoms. The Morgan fingerprint density at radius 1 is 1.03 bits per heavy atom. The molecule has 0 spiro atoms. The molecule has 0 aliphatic heterocycles. The van der Waals surface area contributed by atoms with Crippen molar-refractivity contribution >= 4 is 51.2 Å². The predicted molar refractivity (Wildman–Crippen MR) is 129 cm³/mol. The first-order valence-electron chi connectivity index (χ1n) is 9.69. The highest BCUT2D eigenvalue weighted by atomic mass is 32.1. The highest BCUT2D eigenvalue weighted by molar-refractivity contribution is 7.12. The predicted octanol–water partition coefficient (Wildman–Crippen LogP) is 4.52. The van der Waals surface area contributed by atoms with Crippen molar-refractivity contribution in [1.82, 2.24) is 4.98 Å². The normalized spacial score (nSPS) is 11.3. The van der Waals surface area contributed by atoms with Gasteiger partial charge >= 0.3 is 0 Å². The number of aromatic nitrogens is 1. The fourth-order valence-electron chi connectivity index (χ4n) is 3.15. The van der Waals surface area contributed by atoms with Gasteiger partial charge in [-0.25, -0.2) is 0 Å². The van der Waals surface area contributed by atoms with E-state index < -0.39 is 0 Å². The number of thiophene rings is 1. The van der Waals surface area contributed by atoms with E-state index >= 15 is 0 Å². The number of guanidine groups is 1. The molecule has 2 aromatic carbocycles. The molecule has 7 nitrogen and oxygen atoms in total. The molecule has 0 fully saturated rings. The molecule has 0 aliphatic carbocycles. The minimum atomic E-state index is -0.160. The molecule has 2 aromatic heterocycles. The molecule has 0 aliphatic rings. The van der Waals surface area contributed by atoms with Crippen LogP contribution in [-0.2, 0) is 6.54 Å². The summed E-state index contributed by atoms with van der Waals surface area (Å²) in [6.45, 7) is 0.598. The van der Waals surface area contributed by atoms with Gasteiger partial charge in [0.2, 0.25) is 0 Å². The smallest absolute Gasteiger partial charge is 0.267 e. The second kappa shape index (κ2) is 9.27. The van der Waals surface area contributed by atoms with Crippen molar-refractivity contribution in [1.29, 1.82) is 0 Å². The zero-order valence-corrected chi connectivity index (χ0v) is 17.7. The van der Waals surface area contributed by atoms with Gasteiger partial charge in [0, 0.05) is 36.6 Å². The van der Waals surface area contributed by atoms with Gasteiger partial charge in [0.25, 0.3) is 5.91 Å². The number of pyridine rings is 1. The van der Waals surface area contributed by atoms with Crippen molar-refractivity contribution in [2.45, 2.75) is 6.54 Å². The average molecular weight is 431 g/mol. The van der Waals surface area contributed by atoms with Crippen LogP contribution in [0.15, 0.2) is 77.2 Å². The lowest BCUT2D eigenvalue weighted by Crippen LogP contribution is -2.21. The fraction of sp³-hybridized carbons (Fsp3) is 0.0870. The maximum Gasteiger partial charge on any atom is 0.267 e. The van der Waals surface area contributed by atoms with E-state index in [1.807, 2.05) is 60.0 Å². The fourth-order valence-corrected chi connectivity index (χ4v) is 3.92. The van der Waals surface area contributed by atoms with Gasteiger partial charge < -0.3 is 21.7 Å². The summed E-state index contributed by atoms with van der Waals surface area (Å²) in [4.78, 5) is 21.7. The first kappa shape index (κ1) is 20.4. The van der Waals surface area contributed by atoms with Crippen LogP contribution < -0.4 is 21.7 Å². The van der Waals surface area contributed by atoms with Crippen LogP contribution in [-0.4, -0.2) is 23.9 Å². The number of amides is 1. The Kier molecular flexibility index (Phi) is 6.09. The summed E-state index contributed by atoms with van der Waals surface area (Å²) in [7, 11) is 1.61. The quantitative estimate of drug-likeness (QED) is 0.266. The molecule has 8 heteroatoms. The zero-order valence-electron chi connectivity index (χ0n) is 16.9. The number of hydrogen-bond acceptors (Lipinski definition) is 5. The molecule has 0 atom stereocenters. The van der Waals surface area contributed by atoms with Crippen LogP contribution >= 0.6 is 11.3 Å². The molecule has 4 rings (SSSR count). The van der Waals surface area contributed by atoms with Crippen molar-refractivity contribution in [3.8, 4) is 0 Å². The summed E-state index contributed by atoms with van der Waals surface area (Å²) in [6, 6.07) is 19.2. The van der Waals surface area contributed by atoms with E-state index in [0.717, 1.165) is 27.8 Å². The summed E-state index contributed by atoms with van der Waals surface area (Å²) < 4.78 is 0. The number of aliphatic imine (C=N–C) groups is 1. The Labute approximate surface area is 184 Å². The second-order valence-electron chi connectivity index (χ2n) is 6.77. The lowest BCUT2D eigenvalue weighted by Gasteiger charge is -2.11. The van der Waals surface area contributed by atoms with E-state index in [1.54, 1.807) is 13.2 Å². The summed E-state index contributed by atoms with van der Waals surface area (Å²) in [5.74, 6) is 0.167. The minimum Gasteiger partial charge on any atom is -0.380 e. The summed E-state index contributed by atoms with van der Waals surface area (Å²) in [5.41, 5.74) is 10.0. The molecule has 4 aromatic rings. The molecule has 5 N–H and O–H groups in total. The van der Waals surface area contributed by atoms with Crippen molar-refractivity contribution in [3.05, 3.63) is 82.7 Å². The molecule has 0 saturated heterocycles. The first-order valence-corrected chi connectivity index (χ1v) is 10.6. The summed E-state index contributed by atoms with van der Waals surface area (Å²) >= 11 is 1.40. The number of nitrogens with one attached hydrogen (secondary N) is 3. The number of hydrogen-bond donors (Lipinski definition) is 4. The molecule has 156 valence electrons. The van der Waals surface area contributed by atoms with E-state index in [4.69, 9.17) is 5.73 Å². The van der Waals surface area contributed by atoms with Crippen molar-refractivity contribution in [2.24, 2.45) is 10.7 Å². The van der Waals surface area contributed by atoms with Gasteiger partial charge in [0.1, 0.15) is 4.88 Å². The van der Waals surface area contributed by atoms with Gasteiger partial charge in [-0.05, 0) is 53.4 Å². The average Bonchev–Trinajstić information content (AvgIpc) is 3.27. The van der Waals surface area contributed by atoms with Gasteiger partial charge in [0.15, 0.2) is 5.96 Å². The number of rotatable bonds is 6. The molecule has 0 radical (unpaired) electrons. The lowest BCUT2D eigenvalue weighted by molar-refractivity contribution is 0.103.